The topological polar surface area (TPSA) is 139 Å². The number of aliphatic carboxylic acids is 1. The second-order valence-electron chi connectivity index (χ2n) is 6.16. The summed E-state index contributed by atoms with van der Waals surface area (Å²) in [5.41, 5.74) is 6.19. The predicted molar refractivity (Wildman–Crippen MR) is 113 cm³/mol. The van der Waals surface area contributed by atoms with Crippen LogP contribution in [0.15, 0.2) is 33.1 Å². The van der Waals surface area contributed by atoms with Crippen LogP contribution in [-0.2, 0) is 20.8 Å². The Morgan fingerprint density at radius 1 is 1.41 bits per heavy atom. The third-order valence-electron chi connectivity index (χ3n) is 4.27. The number of thiophene rings is 1. The Morgan fingerprint density at radius 2 is 2.24 bits per heavy atom. The van der Waals surface area contributed by atoms with Crippen molar-refractivity contribution in [2.75, 3.05) is 17.2 Å². The number of anilines is 1. The zero-order valence-electron chi connectivity index (χ0n) is 14.7. The Bertz CT molecular complexity index is 989. The summed E-state index contributed by atoms with van der Waals surface area (Å²) in [4.78, 5) is 38.9. The molecule has 2 amide bonds. The van der Waals surface area contributed by atoms with Gasteiger partial charge in [0.15, 0.2) is 4.34 Å². The van der Waals surface area contributed by atoms with Crippen LogP contribution in [0.2, 0.25) is 0 Å². The summed E-state index contributed by atoms with van der Waals surface area (Å²) in [6.07, 6.45) is 0.202. The summed E-state index contributed by atoms with van der Waals surface area (Å²) in [6.45, 7) is 0. The van der Waals surface area contributed by atoms with E-state index < -0.39 is 23.3 Å². The number of aromatic nitrogens is 2. The molecule has 0 radical (unpaired) electrons. The van der Waals surface area contributed by atoms with Crippen molar-refractivity contribution < 1.29 is 19.5 Å². The molecule has 4 rings (SSSR count). The molecule has 2 atom stereocenters. The minimum absolute atomic E-state index is 0.00695. The number of carboxylic acids is 1. The molecule has 4 heterocycles. The summed E-state index contributed by atoms with van der Waals surface area (Å²) >= 11 is 5.48. The van der Waals surface area contributed by atoms with Crippen LogP contribution in [0.25, 0.3) is 0 Å². The third-order valence-corrected chi connectivity index (χ3v) is 8.46. The number of β-lactam (4-membered cyclic amide) rings is 1. The molecule has 0 saturated carbocycles. The molecule has 13 heteroatoms. The maximum absolute atomic E-state index is 12.6. The average molecular weight is 470 g/mol. The molecule has 2 aromatic heterocycles. The lowest BCUT2D eigenvalue weighted by atomic mass is 10.0. The van der Waals surface area contributed by atoms with E-state index in [1.54, 1.807) is 0 Å². The highest BCUT2D eigenvalue weighted by molar-refractivity contribution is 8.01. The maximum Gasteiger partial charge on any atom is 0.352 e. The van der Waals surface area contributed by atoms with E-state index in [1.807, 2.05) is 17.5 Å². The molecular weight excluding hydrogens is 454 g/mol. The van der Waals surface area contributed by atoms with Gasteiger partial charge in [-0.3, -0.25) is 14.5 Å². The number of nitrogen functional groups attached to an aromatic ring is 1. The number of hydrogen-bond acceptors (Lipinski definition) is 10. The van der Waals surface area contributed by atoms with Gasteiger partial charge in [-0.1, -0.05) is 29.2 Å². The lowest BCUT2D eigenvalue weighted by Crippen LogP contribution is -2.70. The summed E-state index contributed by atoms with van der Waals surface area (Å²) in [7, 11) is 0. The fourth-order valence-electron chi connectivity index (χ4n) is 3.02. The highest BCUT2D eigenvalue weighted by Crippen LogP contribution is 2.41. The van der Waals surface area contributed by atoms with E-state index in [9.17, 15) is 19.5 Å². The van der Waals surface area contributed by atoms with E-state index in [1.165, 1.54) is 51.1 Å². The van der Waals surface area contributed by atoms with Gasteiger partial charge in [0.2, 0.25) is 11.0 Å². The minimum Gasteiger partial charge on any atom is -0.477 e. The van der Waals surface area contributed by atoms with Crippen LogP contribution in [0.3, 0.4) is 0 Å². The van der Waals surface area contributed by atoms with Gasteiger partial charge in [-0.15, -0.1) is 33.3 Å². The Labute approximate surface area is 181 Å². The highest BCUT2D eigenvalue weighted by Gasteiger charge is 2.54. The number of nitrogens with one attached hydrogen (secondary N) is 1. The van der Waals surface area contributed by atoms with E-state index in [0.717, 1.165) is 4.88 Å². The van der Waals surface area contributed by atoms with Crippen LogP contribution < -0.4 is 11.1 Å². The number of fused-ring (bicyclic) bond motifs is 1. The molecule has 2 aromatic rings. The first-order chi connectivity index (χ1) is 13.9. The molecule has 2 aliphatic rings. The van der Waals surface area contributed by atoms with Crippen molar-refractivity contribution in [3.8, 4) is 0 Å². The van der Waals surface area contributed by atoms with Crippen LogP contribution in [0, 0.1) is 0 Å². The van der Waals surface area contributed by atoms with Crippen LogP contribution in [-0.4, -0.2) is 60.9 Å². The number of carboxylic acid groups (broad SMARTS) is 1. The fraction of sp³-hybridized carbons (Fsp3) is 0.312. The SMILES string of the molecule is Nc1nnc(SCC2=C(C(=O)O)N3C(=O)C(NC(=O)Cc4cccs4)[C@H]3SC2)s1. The molecule has 9 nitrogen and oxygen atoms in total. The minimum atomic E-state index is -1.15. The quantitative estimate of drug-likeness (QED) is 0.404. The largest absolute Gasteiger partial charge is 0.477 e. The normalized spacial score (nSPS) is 21.0. The first kappa shape index (κ1) is 20.2. The van der Waals surface area contributed by atoms with Gasteiger partial charge >= 0.3 is 5.97 Å². The van der Waals surface area contributed by atoms with Crippen molar-refractivity contribution in [1.29, 1.82) is 0 Å². The molecule has 0 bridgehead atoms. The van der Waals surface area contributed by atoms with Crippen LogP contribution in [0.1, 0.15) is 4.88 Å². The van der Waals surface area contributed by atoms with Gasteiger partial charge in [0.1, 0.15) is 17.1 Å². The van der Waals surface area contributed by atoms with E-state index in [-0.39, 0.29) is 18.0 Å². The van der Waals surface area contributed by atoms with Crippen molar-refractivity contribution >= 4 is 69.1 Å². The molecule has 0 spiro atoms. The zero-order chi connectivity index (χ0) is 20.5. The number of nitrogens with two attached hydrogens (primary N) is 1. The number of amides is 2. The van der Waals surface area contributed by atoms with E-state index >= 15 is 0 Å². The summed E-state index contributed by atoms with van der Waals surface area (Å²) in [5.74, 6) is -0.979. The molecule has 29 heavy (non-hydrogen) atoms. The van der Waals surface area contributed by atoms with Crippen molar-refractivity contribution in [2.24, 2.45) is 0 Å². The molecule has 0 aromatic carbocycles. The fourth-order valence-corrected chi connectivity index (χ4v) is 6.84. The van der Waals surface area contributed by atoms with Crippen LogP contribution >= 0.6 is 46.2 Å². The lowest BCUT2D eigenvalue weighted by molar-refractivity contribution is -0.150. The summed E-state index contributed by atoms with van der Waals surface area (Å²) in [6, 6.07) is 3.01. The number of rotatable bonds is 7. The van der Waals surface area contributed by atoms with Crippen LogP contribution in [0.4, 0.5) is 5.13 Å². The Balaban J connectivity index is 1.44. The van der Waals surface area contributed by atoms with Gasteiger partial charge in [-0.05, 0) is 17.0 Å². The van der Waals surface area contributed by atoms with E-state index in [0.29, 0.717) is 26.6 Å². The van der Waals surface area contributed by atoms with Gasteiger partial charge in [0.25, 0.3) is 5.91 Å². The van der Waals surface area contributed by atoms with Crippen molar-refractivity contribution in [3.05, 3.63) is 33.7 Å². The number of carbonyl (C=O) groups is 3. The van der Waals surface area contributed by atoms with E-state index in [4.69, 9.17) is 5.73 Å². The Kier molecular flexibility index (Phi) is 5.81. The molecule has 1 unspecified atom stereocenters. The third kappa shape index (κ3) is 4.13. The maximum atomic E-state index is 12.6. The second-order valence-corrected chi connectivity index (χ2v) is 10.5. The highest BCUT2D eigenvalue weighted by atomic mass is 32.2. The molecule has 2 aliphatic heterocycles. The zero-order valence-corrected chi connectivity index (χ0v) is 18.0. The smallest absolute Gasteiger partial charge is 0.352 e. The Hall–Kier alpha value is -2.09. The average Bonchev–Trinajstić information content (AvgIpc) is 3.35. The van der Waals surface area contributed by atoms with Gasteiger partial charge in [0, 0.05) is 16.4 Å². The number of carbonyl (C=O) groups excluding carboxylic acids is 2. The van der Waals surface area contributed by atoms with Gasteiger partial charge in [0.05, 0.1) is 6.42 Å². The molecule has 1 fully saturated rings. The molecule has 152 valence electrons. The summed E-state index contributed by atoms with van der Waals surface area (Å²) < 4.78 is 0.639. The second kappa shape index (κ2) is 8.34. The first-order valence-electron chi connectivity index (χ1n) is 8.37. The lowest BCUT2D eigenvalue weighted by Gasteiger charge is -2.49. The predicted octanol–water partition coefficient (Wildman–Crippen LogP) is 1.26. The van der Waals surface area contributed by atoms with Crippen LogP contribution in [0.5, 0.6) is 0 Å². The monoisotopic (exact) mass is 469 g/mol. The molecule has 0 aliphatic carbocycles. The molecule has 1 saturated heterocycles. The number of nitrogens with zero attached hydrogens (tertiary/aromatic N) is 3. The molecular formula is C16H15N5O4S4. The molecule has 4 N–H and O–H groups in total. The van der Waals surface area contributed by atoms with Gasteiger partial charge in [-0.2, -0.15) is 0 Å². The van der Waals surface area contributed by atoms with Crippen molar-refractivity contribution in [1.82, 2.24) is 20.4 Å². The number of hydrogen-bond donors (Lipinski definition) is 3. The first-order valence-corrected chi connectivity index (χ1v) is 12.1. The van der Waals surface area contributed by atoms with Crippen molar-refractivity contribution in [2.45, 2.75) is 22.2 Å². The van der Waals surface area contributed by atoms with Gasteiger partial charge in [-0.25, -0.2) is 4.79 Å². The number of thioether (sulfide) groups is 2. The standard InChI is InChI=1S/C16H15N5O4S4/c17-15-19-20-16(29-15)28-6-7-5-27-13-10(12(23)21(13)11(7)14(24)25)18-9(22)4-8-2-1-3-26-8/h1-3,10,13H,4-6H2,(H2,17,19)(H,18,22)(H,24,25)/t10?,13-/m1/s1. The Morgan fingerprint density at radius 3 is 2.90 bits per heavy atom. The van der Waals surface area contributed by atoms with Gasteiger partial charge < -0.3 is 16.2 Å². The summed E-state index contributed by atoms with van der Waals surface area (Å²) in [5, 5.41) is 21.9. The van der Waals surface area contributed by atoms with E-state index in [2.05, 4.69) is 15.5 Å². The van der Waals surface area contributed by atoms with Crippen molar-refractivity contribution in [3.63, 3.8) is 0 Å².